The van der Waals surface area contributed by atoms with Crippen molar-refractivity contribution in [1.82, 2.24) is 4.90 Å². The smallest absolute Gasteiger partial charge is 0.223 e. The first-order valence-electron chi connectivity index (χ1n) is 7.24. The van der Waals surface area contributed by atoms with Crippen molar-refractivity contribution in [3.63, 3.8) is 0 Å². The molecule has 1 saturated carbocycles. The van der Waals surface area contributed by atoms with Crippen LogP contribution in [0.4, 0.5) is 0 Å². The first kappa shape index (κ1) is 14.2. The number of hydrogen-bond donors (Lipinski definition) is 1. The van der Waals surface area contributed by atoms with Crippen LogP contribution >= 0.6 is 11.8 Å². The maximum Gasteiger partial charge on any atom is 0.223 e. The third kappa shape index (κ3) is 3.21. The van der Waals surface area contributed by atoms with E-state index in [4.69, 9.17) is 5.73 Å². The Bertz CT molecular complexity index is 290. The summed E-state index contributed by atoms with van der Waals surface area (Å²) in [5.41, 5.74) is 6.09. The second-order valence-electron chi connectivity index (χ2n) is 5.95. The summed E-state index contributed by atoms with van der Waals surface area (Å²) in [6.07, 6.45) is 6.77. The lowest BCUT2D eigenvalue weighted by molar-refractivity contribution is -0.135. The zero-order chi connectivity index (χ0) is 13.0. The minimum absolute atomic E-state index is 0.111. The highest BCUT2D eigenvalue weighted by atomic mass is 32.2. The molecular weight excluding hydrogens is 244 g/mol. The van der Waals surface area contributed by atoms with Crippen LogP contribution in [0.5, 0.6) is 0 Å². The average molecular weight is 270 g/mol. The minimum Gasteiger partial charge on any atom is -0.338 e. The average Bonchev–Trinajstić information content (AvgIpc) is 2.40. The van der Waals surface area contributed by atoms with Crippen LogP contribution in [0.2, 0.25) is 0 Å². The number of rotatable bonds is 3. The Balaban J connectivity index is 1.95. The lowest BCUT2D eigenvalue weighted by atomic mass is 9.71. The number of amides is 1. The summed E-state index contributed by atoms with van der Waals surface area (Å²) in [4.78, 5) is 14.6. The molecule has 0 radical (unpaired) electrons. The van der Waals surface area contributed by atoms with Crippen LogP contribution in [0.15, 0.2) is 0 Å². The Labute approximate surface area is 115 Å². The predicted molar refractivity (Wildman–Crippen MR) is 77.7 cm³/mol. The molecule has 0 spiro atoms. The van der Waals surface area contributed by atoms with E-state index >= 15 is 0 Å². The van der Waals surface area contributed by atoms with Crippen molar-refractivity contribution in [2.75, 3.05) is 24.6 Å². The highest BCUT2D eigenvalue weighted by molar-refractivity contribution is 7.99. The van der Waals surface area contributed by atoms with Crippen molar-refractivity contribution in [3.8, 4) is 0 Å². The van der Waals surface area contributed by atoms with Gasteiger partial charge in [-0.05, 0) is 31.7 Å². The lowest BCUT2D eigenvalue weighted by Crippen LogP contribution is -2.47. The molecule has 0 aromatic heterocycles. The van der Waals surface area contributed by atoms with Crippen molar-refractivity contribution >= 4 is 17.7 Å². The largest absolute Gasteiger partial charge is 0.338 e. The normalized spacial score (nSPS) is 28.1. The standard InChI is InChI=1S/C14H26N2OS/c1-12-10-18-8-7-16(12)13(17)9-14(11-15)5-3-2-4-6-14/h12H,2-11,15H2,1H3. The highest BCUT2D eigenvalue weighted by Gasteiger charge is 2.35. The molecular formula is C14H26N2OS. The van der Waals surface area contributed by atoms with Crippen molar-refractivity contribution < 1.29 is 4.79 Å². The maximum absolute atomic E-state index is 12.5. The van der Waals surface area contributed by atoms with Crippen LogP contribution in [0, 0.1) is 5.41 Å². The van der Waals surface area contributed by atoms with E-state index in [2.05, 4.69) is 11.8 Å². The summed E-state index contributed by atoms with van der Waals surface area (Å²) in [6.45, 7) is 3.76. The van der Waals surface area contributed by atoms with E-state index < -0.39 is 0 Å². The first-order valence-corrected chi connectivity index (χ1v) is 8.40. The third-order valence-corrected chi connectivity index (χ3v) is 5.75. The van der Waals surface area contributed by atoms with Crippen LogP contribution < -0.4 is 5.73 Å². The molecule has 1 aliphatic heterocycles. The maximum atomic E-state index is 12.5. The van der Waals surface area contributed by atoms with Gasteiger partial charge in [-0.3, -0.25) is 4.79 Å². The third-order valence-electron chi connectivity index (χ3n) is 4.56. The molecule has 18 heavy (non-hydrogen) atoms. The van der Waals surface area contributed by atoms with Crippen molar-refractivity contribution in [2.24, 2.45) is 11.1 Å². The first-order chi connectivity index (χ1) is 8.67. The van der Waals surface area contributed by atoms with E-state index in [0.29, 0.717) is 24.9 Å². The van der Waals surface area contributed by atoms with Crippen molar-refractivity contribution in [3.05, 3.63) is 0 Å². The molecule has 4 heteroatoms. The minimum atomic E-state index is 0.111. The second-order valence-corrected chi connectivity index (χ2v) is 7.10. The molecule has 2 aliphatic rings. The molecule has 3 nitrogen and oxygen atoms in total. The Morgan fingerprint density at radius 1 is 1.39 bits per heavy atom. The van der Waals surface area contributed by atoms with Crippen LogP contribution in [0.1, 0.15) is 45.4 Å². The van der Waals surface area contributed by atoms with E-state index in [1.54, 1.807) is 0 Å². The summed E-state index contributed by atoms with van der Waals surface area (Å²) >= 11 is 1.96. The molecule has 104 valence electrons. The zero-order valence-corrected chi connectivity index (χ0v) is 12.3. The number of nitrogens with zero attached hydrogens (tertiary/aromatic N) is 1. The summed E-state index contributed by atoms with van der Waals surface area (Å²) < 4.78 is 0. The fourth-order valence-corrected chi connectivity index (χ4v) is 4.29. The van der Waals surface area contributed by atoms with E-state index in [-0.39, 0.29) is 5.41 Å². The predicted octanol–water partition coefficient (Wildman–Crippen LogP) is 2.25. The lowest BCUT2D eigenvalue weighted by Gasteiger charge is -2.39. The van der Waals surface area contributed by atoms with Crippen molar-refractivity contribution in [2.45, 2.75) is 51.5 Å². The Morgan fingerprint density at radius 3 is 2.72 bits per heavy atom. The van der Waals surface area contributed by atoms with Gasteiger partial charge in [-0.2, -0.15) is 11.8 Å². The second kappa shape index (κ2) is 6.29. The summed E-state index contributed by atoms with van der Waals surface area (Å²) in [7, 11) is 0. The summed E-state index contributed by atoms with van der Waals surface area (Å²) in [5.74, 6) is 2.52. The van der Waals surface area contributed by atoms with Gasteiger partial charge in [-0.1, -0.05) is 19.3 Å². The van der Waals surface area contributed by atoms with Gasteiger partial charge in [0.1, 0.15) is 0 Å². The molecule has 1 atom stereocenters. The van der Waals surface area contributed by atoms with Gasteiger partial charge in [-0.15, -0.1) is 0 Å². The number of nitrogens with two attached hydrogens (primary N) is 1. The molecule has 1 amide bonds. The molecule has 1 aliphatic carbocycles. The quantitative estimate of drug-likeness (QED) is 0.855. The van der Waals surface area contributed by atoms with Gasteiger partial charge in [0.25, 0.3) is 0 Å². The molecule has 2 rings (SSSR count). The molecule has 0 aromatic rings. The zero-order valence-electron chi connectivity index (χ0n) is 11.5. The Hall–Kier alpha value is -0.220. The summed E-state index contributed by atoms with van der Waals surface area (Å²) in [5, 5.41) is 0. The fourth-order valence-electron chi connectivity index (χ4n) is 3.27. The van der Waals surface area contributed by atoms with E-state index in [1.807, 2.05) is 11.8 Å². The van der Waals surface area contributed by atoms with Crippen LogP contribution in [0.25, 0.3) is 0 Å². The SMILES string of the molecule is CC1CSCCN1C(=O)CC1(CN)CCCCC1. The molecule has 1 saturated heterocycles. The van der Waals surface area contributed by atoms with Crippen LogP contribution in [0.3, 0.4) is 0 Å². The van der Waals surface area contributed by atoms with Gasteiger partial charge >= 0.3 is 0 Å². The Kier molecular flexibility index (Phi) is 4.96. The Morgan fingerprint density at radius 2 is 2.11 bits per heavy atom. The van der Waals surface area contributed by atoms with Gasteiger partial charge < -0.3 is 10.6 Å². The van der Waals surface area contributed by atoms with Crippen molar-refractivity contribution in [1.29, 1.82) is 0 Å². The van der Waals surface area contributed by atoms with E-state index in [9.17, 15) is 4.79 Å². The van der Waals surface area contributed by atoms with Gasteiger partial charge in [0, 0.05) is 30.5 Å². The fraction of sp³-hybridized carbons (Fsp3) is 0.929. The van der Waals surface area contributed by atoms with Gasteiger partial charge in [0.05, 0.1) is 0 Å². The molecule has 2 N–H and O–H groups in total. The summed E-state index contributed by atoms with van der Waals surface area (Å²) in [6, 6.07) is 0.398. The van der Waals surface area contributed by atoms with E-state index in [1.165, 1.54) is 19.3 Å². The topological polar surface area (TPSA) is 46.3 Å². The number of hydrogen-bond acceptors (Lipinski definition) is 3. The molecule has 1 unspecified atom stereocenters. The van der Waals surface area contributed by atoms with Crippen LogP contribution in [-0.2, 0) is 4.79 Å². The highest BCUT2D eigenvalue weighted by Crippen LogP contribution is 2.39. The van der Waals surface area contributed by atoms with E-state index in [0.717, 1.165) is 30.9 Å². The molecule has 2 fully saturated rings. The number of carbonyl (C=O) groups is 1. The molecule has 0 bridgehead atoms. The van der Waals surface area contributed by atoms with Gasteiger partial charge in [0.15, 0.2) is 0 Å². The van der Waals surface area contributed by atoms with Crippen LogP contribution in [-0.4, -0.2) is 41.4 Å². The number of thioether (sulfide) groups is 1. The number of carbonyl (C=O) groups excluding carboxylic acids is 1. The molecule has 1 heterocycles. The molecule has 0 aromatic carbocycles. The van der Waals surface area contributed by atoms with Gasteiger partial charge in [0.2, 0.25) is 5.91 Å². The van der Waals surface area contributed by atoms with Gasteiger partial charge in [-0.25, -0.2) is 0 Å². The monoisotopic (exact) mass is 270 g/mol.